The number of carbonyl (C=O) groups excluding carboxylic acids is 1. The highest BCUT2D eigenvalue weighted by molar-refractivity contribution is 7.09. The minimum atomic E-state index is -0.493. The highest BCUT2D eigenvalue weighted by Gasteiger charge is 2.26. The van der Waals surface area contributed by atoms with Crippen LogP contribution in [0.15, 0.2) is 0 Å². The molecular formula is C11H20N4O2S. The maximum absolute atomic E-state index is 11.6. The molecule has 1 rings (SSSR count). The summed E-state index contributed by atoms with van der Waals surface area (Å²) < 4.78 is 9.34. The summed E-state index contributed by atoms with van der Waals surface area (Å²) in [6.45, 7) is 6.14. The molecule has 0 fully saturated rings. The number of nitrogens with one attached hydrogen (secondary N) is 2. The number of anilines is 1. The van der Waals surface area contributed by atoms with Gasteiger partial charge in [0.05, 0.1) is 5.41 Å². The molecule has 0 bridgehead atoms. The lowest BCUT2D eigenvalue weighted by molar-refractivity contribution is -0.128. The van der Waals surface area contributed by atoms with Gasteiger partial charge in [0.1, 0.15) is 6.10 Å². The van der Waals surface area contributed by atoms with Crippen molar-refractivity contribution in [2.45, 2.75) is 26.9 Å². The lowest BCUT2D eigenvalue weighted by Gasteiger charge is -2.22. The molecule has 0 radical (unpaired) electrons. The first-order chi connectivity index (χ1) is 8.40. The smallest absolute Gasteiger partial charge is 0.227 e. The molecule has 1 amide bonds. The number of carbonyl (C=O) groups is 1. The monoisotopic (exact) mass is 272 g/mol. The molecule has 0 saturated heterocycles. The summed E-state index contributed by atoms with van der Waals surface area (Å²) in [5, 5.41) is 6.47. The van der Waals surface area contributed by atoms with Gasteiger partial charge in [0.15, 0.2) is 5.82 Å². The van der Waals surface area contributed by atoms with Crippen LogP contribution in [0.1, 0.15) is 32.7 Å². The van der Waals surface area contributed by atoms with Crippen molar-refractivity contribution in [1.82, 2.24) is 14.7 Å². The molecule has 0 aliphatic rings. The Balaban J connectivity index is 2.59. The molecule has 1 unspecified atom stereocenters. The predicted molar refractivity (Wildman–Crippen MR) is 71.7 cm³/mol. The van der Waals surface area contributed by atoms with Gasteiger partial charge < -0.3 is 15.4 Å². The van der Waals surface area contributed by atoms with Crippen LogP contribution in [0.25, 0.3) is 0 Å². The Labute approximate surface area is 111 Å². The second kappa shape index (κ2) is 6.10. The lowest BCUT2D eigenvalue weighted by Crippen LogP contribution is -2.39. The first-order valence-electron chi connectivity index (χ1n) is 5.73. The fourth-order valence-electron chi connectivity index (χ4n) is 1.29. The van der Waals surface area contributed by atoms with Crippen molar-refractivity contribution in [2.24, 2.45) is 5.41 Å². The van der Waals surface area contributed by atoms with Crippen LogP contribution in [0.3, 0.4) is 0 Å². The number of aromatic nitrogens is 2. The molecule has 0 aliphatic heterocycles. The maximum atomic E-state index is 11.6. The summed E-state index contributed by atoms with van der Waals surface area (Å²) in [5.74, 6) is 0.646. The minimum Gasteiger partial charge on any atom is -0.374 e. The van der Waals surface area contributed by atoms with E-state index in [9.17, 15) is 4.79 Å². The molecule has 2 N–H and O–H groups in total. The average Bonchev–Trinajstić information content (AvgIpc) is 2.83. The molecule has 0 aliphatic carbocycles. The first-order valence-corrected chi connectivity index (χ1v) is 6.50. The van der Waals surface area contributed by atoms with E-state index in [1.807, 2.05) is 20.8 Å². The standard InChI is InChI=1S/C11H20N4O2S/c1-7(17-5)8-14-10(18-15-8)13-6-11(2,3)9(16)12-4/h7H,6H2,1-5H3,(H,12,16)(H,13,14,15). The largest absolute Gasteiger partial charge is 0.374 e. The van der Waals surface area contributed by atoms with Gasteiger partial charge in [-0.2, -0.15) is 4.37 Å². The van der Waals surface area contributed by atoms with Crippen LogP contribution in [0.5, 0.6) is 0 Å². The third kappa shape index (κ3) is 3.64. The summed E-state index contributed by atoms with van der Waals surface area (Å²) in [7, 11) is 3.25. The SMILES string of the molecule is CNC(=O)C(C)(C)CNc1nc(C(C)OC)ns1. The second-order valence-electron chi connectivity index (χ2n) is 4.65. The Morgan fingerprint density at radius 2 is 2.22 bits per heavy atom. The highest BCUT2D eigenvalue weighted by Crippen LogP contribution is 2.21. The zero-order chi connectivity index (χ0) is 13.8. The fourth-order valence-corrected chi connectivity index (χ4v) is 1.93. The van der Waals surface area contributed by atoms with E-state index in [0.717, 1.165) is 0 Å². The summed E-state index contributed by atoms with van der Waals surface area (Å²) in [6, 6.07) is 0. The molecule has 6 nitrogen and oxygen atoms in total. The first kappa shape index (κ1) is 14.8. The van der Waals surface area contributed by atoms with Gasteiger partial charge in [-0.15, -0.1) is 0 Å². The van der Waals surface area contributed by atoms with E-state index in [2.05, 4.69) is 20.0 Å². The van der Waals surface area contributed by atoms with Gasteiger partial charge >= 0.3 is 0 Å². The number of hydrogen-bond acceptors (Lipinski definition) is 6. The quantitative estimate of drug-likeness (QED) is 0.819. The maximum Gasteiger partial charge on any atom is 0.227 e. The van der Waals surface area contributed by atoms with Crippen LogP contribution >= 0.6 is 11.5 Å². The minimum absolute atomic E-state index is 0.00926. The van der Waals surface area contributed by atoms with E-state index >= 15 is 0 Å². The van der Waals surface area contributed by atoms with Crippen molar-refractivity contribution in [3.8, 4) is 0 Å². The van der Waals surface area contributed by atoms with E-state index < -0.39 is 5.41 Å². The van der Waals surface area contributed by atoms with Crippen molar-refractivity contribution in [3.05, 3.63) is 5.82 Å². The molecule has 18 heavy (non-hydrogen) atoms. The molecular weight excluding hydrogens is 252 g/mol. The fraction of sp³-hybridized carbons (Fsp3) is 0.727. The Morgan fingerprint density at radius 3 is 2.78 bits per heavy atom. The van der Waals surface area contributed by atoms with Crippen molar-refractivity contribution >= 4 is 22.6 Å². The van der Waals surface area contributed by atoms with Gasteiger partial charge in [-0.05, 0) is 20.8 Å². The average molecular weight is 272 g/mol. The summed E-state index contributed by atoms with van der Waals surface area (Å²) in [6.07, 6.45) is -0.122. The van der Waals surface area contributed by atoms with Crippen LogP contribution in [0.4, 0.5) is 5.13 Å². The Kier molecular flexibility index (Phi) is 5.03. The van der Waals surface area contributed by atoms with Crippen LogP contribution in [-0.4, -0.2) is 36.0 Å². The molecule has 102 valence electrons. The van der Waals surface area contributed by atoms with Crippen LogP contribution in [0.2, 0.25) is 0 Å². The Hall–Kier alpha value is -1.21. The second-order valence-corrected chi connectivity index (χ2v) is 5.40. The molecule has 1 heterocycles. The normalized spacial score (nSPS) is 13.2. The van der Waals surface area contributed by atoms with Gasteiger partial charge in [-0.1, -0.05) is 0 Å². The van der Waals surface area contributed by atoms with Gasteiger partial charge in [0, 0.05) is 32.2 Å². The third-order valence-electron chi connectivity index (χ3n) is 2.68. The summed E-state index contributed by atoms with van der Waals surface area (Å²) >= 11 is 1.27. The molecule has 1 atom stereocenters. The molecule has 0 spiro atoms. The Morgan fingerprint density at radius 1 is 1.56 bits per heavy atom. The zero-order valence-electron chi connectivity index (χ0n) is 11.4. The Bertz CT molecular complexity index is 406. The van der Waals surface area contributed by atoms with E-state index in [-0.39, 0.29) is 12.0 Å². The molecule has 1 aromatic heterocycles. The van der Waals surface area contributed by atoms with Crippen molar-refractivity contribution in [1.29, 1.82) is 0 Å². The molecule has 0 saturated carbocycles. The zero-order valence-corrected chi connectivity index (χ0v) is 12.2. The van der Waals surface area contributed by atoms with Crippen molar-refractivity contribution in [3.63, 3.8) is 0 Å². The molecule has 0 aromatic carbocycles. The van der Waals surface area contributed by atoms with Crippen LogP contribution < -0.4 is 10.6 Å². The number of ether oxygens (including phenoxy) is 1. The predicted octanol–water partition coefficient (Wildman–Crippen LogP) is 1.43. The van der Waals surface area contributed by atoms with E-state index in [0.29, 0.717) is 17.5 Å². The van der Waals surface area contributed by atoms with Gasteiger partial charge in [-0.3, -0.25) is 4.79 Å². The van der Waals surface area contributed by atoms with Crippen LogP contribution in [-0.2, 0) is 9.53 Å². The van der Waals surface area contributed by atoms with E-state index in [1.165, 1.54) is 11.5 Å². The number of nitrogens with zero attached hydrogens (tertiary/aromatic N) is 2. The number of hydrogen-bond donors (Lipinski definition) is 2. The van der Waals surface area contributed by atoms with Crippen molar-refractivity contribution in [2.75, 3.05) is 26.0 Å². The summed E-state index contributed by atoms with van der Waals surface area (Å²) in [5.41, 5.74) is -0.493. The van der Waals surface area contributed by atoms with E-state index in [1.54, 1.807) is 14.2 Å². The van der Waals surface area contributed by atoms with E-state index in [4.69, 9.17) is 4.74 Å². The topological polar surface area (TPSA) is 76.1 Å². The third-order valence-corrected chi connectivity index (χ3v) is 3.37. The highest BCUT2D eigenvalue weighted by atomic mass is 32.1. The van der Waals surface area contributed by atoms with Gasteiger partial charge in [-0.25, -0.2) is 4.98 Å². The number of amides is 1. The number of rotatable bonds is 6. The summed E-state index contributed by atoms with van der Waals surface area (Å²) in [4.78, 5) is 15.9. The van der Waals surface area contributed by atoms with Gasteiger partial charge in [0.25, 0.3) is 0 Å². The molecule has 7 heteroatoms. The number of methoxy groups -OCH3 is 1. The van der Waals surface area contributed by atoms with Crippen LogP contribution in [0, 0.1) is 5.41 Å². The van der Waals surface area contributed by atoms with Crippen molar-refractivity contribution < 1.29 is 9.53 Å². The van der Waals surface area contributed by atoms with Gasteiger partial charge in [0.2, 0.25) is 11.0 Å². The lowest BCUT2D eigenvalue weighted by atomic mass is 9.92. The molecule has 1 aromatic rings.